The Hall–Kier alpha value is -1.37. The molecule has 0 fully saturated rings. The van der Waals surface area contributed by atoms with Gasteiger partial charge in [-0.15, -0.1) is 0 Å². The van der Waals surface area contributed by atoms with Crippen molar-refractivity contribution in [2.45, 2.75) is 38.8 Å². The van der Waals surface area contributed by atoms with Crippen LogP contribution in [0.1, 0.15) is 26.3 Å². The molecule has 0 radical (unpaired) electrons. The van der Waals surface area contributed by atoms with Crippen LogP contribution in [0.5, 0.6) is 0 Å². The molecule has 5 nitrogen and oxygen atoms in total. The molecule has 1 amide bonds. The molecule has 1 heterocycles. The third-order valence-corrected chi connectivity index (χ3v) is 4.03. The second-order valence-corrected chi connectivity index (χ2v) is 7.78. The number of nitrogens with zero attached hydrogens (tertiary/aromatic N) is 1. The van der Waals surface area contributed by atoms with Gasteiger partial charge < -0.3 is 15.2 Å². The van der Waals surface area contributed by atoms with Gasteiger partial charge >= 0.3 is 6.09 Å². The number of rotatable bonds is 4. The van der Waals surface area contributed by atoms with E-state index in [0.717, 1.165) is 20.9 Å². The quantitative estimate of drug-likeness (QED) is 0.738. The molecule has 0 aliphatic heterocycles. The first-order valence-corrected chi connectivity index (χ1v) is 8.70. The molecule has 130 valence electrons. The SMILES string of the molecule is CC(C)(C)OC(=O)N[C@H](CO)Cc1cc2ccc(Br)cc2nc1Cl. The number of fused-ring (bicyclic) bond motifs is 1. The predicted molar refractivity (Wildman–Crippen MR) is 98.4 cm³/mol. The highest BCUT2D eigenvalue weighted by Crippen LogP contribution is 2.24. The zero-order valence-corrected chi connectivity index (χ0v) is 16.1. The van der Waals surface area contributed by atoms with Crippen molar-refractivity contribution in [3.63, 3.8) is 0 Å². The summed E-state index contributed by atoms with van der Waals surface area (Å²) in [6, 6.07) is 7.14. The maximum absolute atomic E-state index is 11.9. The maximum Gasteiger partial charge on any atom is 0.407 e. The summed E-state index contributed by atoms with van der Waals surface area (Å²) >= 11 is 9.65. The Balaban J connectivity index is 2.15. The van der Waals surface area contributed by atoms with Gasteiger partial charge in [-0.1, -0.05) is 33.6 Å². The zero-order chi connectivity index (χ0) is 17.9. The number of hydrogen-bond acceptors (Lipinski definition) is 4. The van der Waals surface area contributed by atoms with Gasteiger partial charge in [0.1, 0.15) is 10.8 Å². The number of aliphatic hydroxyl groups excluding tert-OH is 1. The van der Waals surface area contributed by atoms with Crippen LogP contribution in [0.15, 0.2) is 28.7 Å². The van der Waals surface area contributed by atoms with Crippen molar-refractivity contribution in [2.24, 2.45) is 0 Å². The fraction of sp³-hybridized carbons (Fsp3) is 0.412. The van der Waals surface area contributed by atoms with Gasteiger partial charge in [0.2, 0.25) is 0 Å². The second-order valence-electron chi connectivity index (χ2n) is 6.51. The lowest BCUT2D eigenvalue weighted by Gasteiger charge is -2.23. The van der Waals surface area contributed by atoms with Crippen molar-refractivity contribution in [3.05, 3.63) is 39.5 Å². The molecule has 1 aromatic carbocycles. The largest absolute Gasteiger partial charge is 0.444 e. The third-order valence-electron chi connectivity index (χ3n) is 3.21. The van der Waals surface area contributed by atoms with Gasteiger partial charge in [0.05, 0.1) is 18.2 Å². The molecule has 1 aromatic heterocycles. The monoisotopic (exact) mass is 414 g/mol. The number of carbonyl (C=O) groups is 1. The topological polar surface area (TPSA) is 71.5 Å². The number of amides is 1. The molecule has 24 heavy (non-hydrogen) atoms. The normalized spacial score (nSPS) is 12.9. The number of ether oxygens (including phenoxy) is 1. The first-order chi connectivity index (χ1) is 11.2. The molecule has 0 spiro atoms. The lowest BCUT2D eigenvalue weighted by Crippen LogP contribution is -2.42. The molecule has 1 atom stereocenters. The van der Waals surface area contributed by atoms with Gasteiger partial charge in [0.15, 0.2) is 0 Å². The van der Waals surface area contributed by atoms with Gasteiger partial charge in [0.25, 0.3) is 0 Å². The summed E-state index contributed by atoms with van der Waals surface area (Å²) in [6.45, 7) is 5.11. The first kappa shape index (κ1) is 19.0. The van der Waals surface area contributed by atoms with E-state index in [4.69, 9.17) is 16.3 Å². The van der Waals surface area contributed by atoms with Crippen LogP contribution < -0.4 is 5.32 Å². The third kappa shape index (κ3) is 5.33. The summed E-state index contributed by atoms with van der Waals surface area (Å²) in [5, 5.41) is 13.5. The minimum Gasteiger partial charge on any atom is -0.444 e. The fourth-order valence-corrected chi connectivity index (χ4v) is 2.78. The van der Waals surface area contributed by atoms with Crippen molar-refractivity contribution in [1.82, 2.24) is 10.3 Å². The van der Waals surface area contributed by atoms with Crippen molar-refractivity contribution < 1.29 is 14.6 Å². The molecular formula is C17H20BrClN2O3. The molecule has 0 unspecified atom stereocenters. The Bertz CT molecular complexity index is 746. The number of pyridine rings is 1. The molecule has 0 bridgehead atoms. The average Bonchev–Trinajstić information content (AvgIpc) is 2.45. The highest BCUT2D eigenvalue weighted by atomic mass is 79.9. The van der Waals surface area contributed by atoms with Gasteiger partial charge in [-0.3, -0.25) is 0 Å². The summed E-state index contributed by atoms with van der Waals surface area (Å²) in [4.78, 5) is 16.2. The summed E-state index contributed by atoms with van der Waals surface area (Å²) in [5.41, 5.74) is 0.931. The van der Waals surface area contributed by atoms with E-state index in [1.807, 2.05) is 24.3 Å². The molecule has 7 heteroatoms. The summed E-state index contributed by atoms with van der Waals surface area (Å²) in [5.74, 6) is 0. The number of benzene rings is 1. The average molecular weight is 416 g/mol. The van der Waals surface area contributed by atoms with Crippen molar-refractivity contribution in [1.29, 1.82) is 0 Å². The molecule has 0 saturated heterocycles. The van der Waals surface area contributed by atoms with Crippen LogP contribution in [0.4, 0.5) is 4.79 Å². The molecule has 0 aliphatic carbocycles. The van der Waals surface area contributed by atoms with E-state index in [1.165, 1.54) is 0 Å². The molecule has 0 aliphatic rings. The molecule has 2 N–H and O–H groups in total. The Kier molecular flexibility index (Phi) is 6.06. The minimum atomic E-state index is -0.598. The smallest absolute Gasteiger partial charge is 0.407 e. The lowest BCUT2D eigenvalue weighted by atomic mass is 10.1. The molecule has 2 rings (SSSR count). The van der Waals surface area contributed by atoms with E-state index in [9.17, 15) is 9.90 Å². The van der Waals surface area contributed by atoms with E-state index in [-0.39, 0.29) is 6.61 Å². The van der Waals surface area contributed by atoms with Gasteiger partial charge in [0, 0.05) is 9.86 Å². The number of nitrogens with one attached hydrogen (secondary N) is 1. The van der Waals surface area contributed by atoms with Gasteiger partial charge in [-0.05, 0) is 51.0 Å². The number of aromatic nitrogens is 1. The minimum absolute atomic E-state index is 0.228. The summed E-state index contributed by atoms with van der Waals surface area (Å²) in [7, 11) is 0. The Morgan fingerprint density at radius 2 is 2.12 bits per heavy atom. The Morgan fingerprint density at radius 3 is 2.75 bits per heavy atom. The number of carbonyl (C=O) groups excluding carboxylic acids is 1. The molecular weight excluding hydrogens is 396 g/mol. The maximum atomic E-state index is 11.9. The zero-order valence-electron chi connectivity index (χ0n) is 13.8. The van der Waals surface area contributed by atoms with Crippen LogP contribution in [0.2, 0.25) is 5.15 Å². The van der Waals surface area contributed by atoms with Crippen LogP contribution >= 0.6 is 27.5 Å². The number of aliphatic hydroxyl groups is 1. The Morgan fingerprint density at radius 1 is 1.42 bits per heavy atom. The summed E-state index contributed by atoms with van der Waals surface area (Å²) in [6.07, 6.45) is -0.219. The van der Waals surface area contributed by atoms with E-state index in [0.29, 0.717) is 11.6 Å². The standard InChI is InChI=1S/C17H20BrClN2O3/c1-17(2,3)24-16(23)20-13(9-22)7-11-6-10-4-5-12(18)8-14(10)21-15(11)19/h4-6,8,13,22H,7,9H2,1-3H3,(H,20,23)/t13-/m0/s1. The first-order valence-electron chi connectivity index (χ1n) is 7.53. The second kappa shape index (κ2) is 7.68. The lowest BCUT2D eigenvalue weighted by molar-refractivity contribution is 0.0483. The predicted octanol–water partition coefficient (Wildman–Crippen LogP) is 4.08. The van der Waals surface area contributed by atoms with E-state index in [1.54, 1.807) is 20.8 Å². The van der Waals surface area contributed by atoms with Crippen LogP contribution in [-0.4, -0.2) is 34.4 Å². The number of alkyl carbamates (subject to hydrolysis) is 1. The van der Waals surface area contributed by atoms with Crippen molar-refractivity contribution >= 4 is 44.5 Å². The summed E-state index contributed by atoms with van der Waals surface area (Å²) < 4.78 is 6.13. The Labute approximate surface area is 154 Å². The van der Waals surface area contributed by atoms with E-state index >= 15 is 0 Å². The van der Waals surface area contributed by atoms with Gasteiger partial charge in [-0.25, -0.2) is 9.78 Å². The van der Waals surface area contributed by atoms with Crippen molar-refractivity contribution in [2.75, 3.05) is 6.61 Å². The number of halogens is 2. The van der Waals surface area contributed by atoms with Crippen LogP contribution in [0, 0.1) is 0 Å². The fourth-order valence-electron chi connectivity index (χ4n) is 2.20. The van der Waals surface area contributed by atoms with Crippen LogP contribution in [-0.2, 0) is 11.2 Å². The van der Waals surface area contributed by atoms with E-state index < -0.39 is 17.7 Å². The number of hydrogen-bond donors (Lipinski definition) is 2. The van der Waals surface area contributed by atoms with Gasteiger partial charge in [-0.2, -0.15) is 0 Å². The van der Waals surface area contributed by atoms with Crippen LogP contribution in [0.3, 0.4) is 0 Å². The molecule has 0 saturated carbocycles. The highest BCUT2D eigenvalue weighted by molar-refractivity contribution is 9.10. The van der Waals surface area contributed by atoms with Crippen molar-refractivity contribution in [3.8, 4) is 0 Å². The highest BCUT2D eigenvalue weighted by Gasteiger charge is 2.20. The molecule has 2 aromatic rings. The van der Waals surface area contributed by atoms with Crippen LogP contribution in [0.25, 0.3) is 10.9 Å². The van der Waals surface area contributed by atoms with E-state index in [2.05, 4.69) is 26.2 Å².